The number of benzene rings is 1. The average molecular weight is 447 g/mol. The second-order valence-corrected chi connectivity index (χ2v) is 9.97. The molecule has 0 bridgehead atoms. The molecule has 1 saturated heterocycles. The van der Waals surface area contributed by atoms with E-state index in [9.17, 15) is 13.2 Å². The highest BCUT2D eigenvalue weighted by Gasteiger charge is 2.26. The first kappa shape index (κ1) is 20.9. The Morgan fingerprint density at radius 2 is 1.93 bits per heavy atom. The summed E-state index contributed by atoms with van der Waals surface area (Å²) < 4.78 is 37.5. The van der Waals surface area contributed by atoms with Crippen LogP contribution in [0.15, 0.2) is 61.7 Å². The molecule has 3 aromatic rings. The van der Waals surface area contributed by atoms with Gasteiger partial charge in [0.1, 0.15) is 16.2 Å². The molecule has 1 aliphatic heterocycles. The highest BCUT2D eigenvalue weighted by Crippen LogP contribution is 2.28. The summed E-state index contributed by atoms with van der Waals surface area (Å²) in [5.74, 6) is 1.11. The number of hydrogen-bond donors (Lipinski definition) is 0. The van der Waals surface area contributed by atoms with E-state index in [0.29, 0.717) is 35.2 Å². The molecule has 1 aliphatic rings. The van der Waals surface area contributed by atoms with Gasteiger partial charge in [-0.05, 0) is 42.7 Å². The lowest BCUT2D eigenvalue weighted by Crippen LogP contribution is -2.35. The maximum Gasteiger partial charge on any atom is 0.336 e. The van der Waals surface area contributed by atoms with Crippen molar-refractivity contribution in [1.29, 1.82) is 0 Å². The van der Waals surface area contributed by atoms with Crippen LogP contribution in [0.1, 0.15) is 24.8 Å². The zero-order valence-electron chi connectivity index (χ0n) is 16.5. The van der Waals surface area contributed by atoms with E-state index in [4.69, 9.17) is 9.15 Å². The lowest BCUT2D eigenvalue weighted by Gasteiger charge is -2.25. The lowest BCUT2D eigenvalue weighted by atomic mass is 10.1. The molecule has 0 unspecified atom stereocenters. The van der Waals surface area contributed by atoms with Gasteiger partial charge >= 0.3 is 5.63 Å². The maximum absolute atomic E-state index is 12.7. The van der Waals surface area contributed by atoms with E-state index >= 15 is 0 Å². The van der Waals surface area contributed by atoms with E-state index in [0.717, 1.165) is 30.2 Å². The van der Waals surface area contributed by atoms with Crippen molar-refractivity contribution in [3.8, 4) is 5.75 Å². The van der Waals surface area contributed by atoms with Gasteiger partial charge in [0.25, 0.3) is 0 Å². The molecule has 7 nitrogen and oxygen atoms in total. The molecular weight excluding hydrogens is 424 g/mol. The minimum absolute atomic E-state index is 0.214. The summed E-state index contributed by atoms with van der Waals surface area (Å²) in [5.41, 5.74) is 0.858. The number of thioether (sulfide) groups is 1. The predicted octanol–water partition coefficient (Wildman–Crippen LogP) is 3.66. The van der Waals surface area contributed by atoms with Gasteiger partial charge in [-0.15, -0.1) is 11.8 Å². The number of pyridine rings is 1. The molecule has 1 aromatic carbocycles. The van der Waals surface area contributed by atoms with Crippen molar-refractivity contribution in [3.63, 3.8) is 0 Å². The number of methoxy groups -OCH3 is 1. The number of sulfonamides is 1. The van der Waals surface area contributed by atoms with Crippen molar-refractivity contribution in [3.05, 3.63) is 58.6 Å². The minimum Gasteiger partial charge on any atom is -0.497 e. The van der Waals surface area contributed by atoms with Crippen LogP contribution in [-0.4, -0.2) is 37.9 Å². The van der Waals surface area contributed by atoms with Crippen molar-refractivity contribution in [2.75, 3.05) is 20.2 Å². The number of piperidine rings is 1. The molecule has 158 valence electrons. The van der Waals surface area contributed by atoms with Gasteiger partial charge in [0.05, 0.1) is 12.1 Å². The fourth-order valence-electron chi connectivity index (χ4n) is 3.47. The predicted molar refractivity (Wildman–Crippen MR) is 115 cm³/mol. The number of fused-ring (bicyclic) bond motifs is 1. The first-order valence-electron chi connectivity index (χ1n) is 9.67. The Labute approximate surface area is 179 Å². The fourth-order valence-corrected chi connectivity index (χ4v) is 5.76. The fraction of sp³-hybridized carbons (Fsp3) is 0.333. The molecule has 0 aliphatic carbocycles. The molecule has 1 fully saturated rings. The van der Waals surface area contributed by atoms with Crippen molar-refractivity contribution in [1.82, 2.24) is 9.29 Å². The third kappa shape index (κ3) is 4.38. The first-order chi connectivity index (χ1) is 14.5. The standard InChI is InChI=1S/C21H22N2O5S2/c1-27-16-5-7-18-15(11-21(24)28-19(18)12-16)14-29-20-8-6-17(13-22-20)30(25,26)23-9-3-2-4-10-23/h5-8,11-13H,2-4,9-10,14H2,1H3. The van der Waals surface area contributed by atoms with E-state index in [-0.39, 0.29) is 4.90 Å². The van der Waals surface area contributed by atoms with Crippen LogP contribution in [0.2, 0.25) is 0 Å². The number of hydrogen-bond acceptors (Lipinski definition) is 7. The smallest absolute Gasteiger partial charge is 0.336 e. The molecular formula is C21H22N2O5S2. The number of nitrogens with zero attached hydrogens (tertiary/aromatic N) is 2. The van der Waals surface area contributed by atoms with Crippen LogP contribution < -0.4 is 10.4 Å². The number of ether oxygens (including phenoxy) is 1. The minimum atomic E-state index is -3.49. The summed E-state index contributed by atoms with van der Waals surface area (Å²) in [6.45, 7) is 1.13. The van der Waals surface area contributed by atoms with Gasteiger partial charge < -0.3 is 9.15 Å². The summed E-state index contributed by atoms with van der Waals surface area (Å²) in [6.07, 6.45) is 4.27. The first-order valence-corrected chi connectivity index (χ1v) is 12.1. The average Bonchev–Trinajstić information content (AvgIpc) is 2.77. The Kier molecular flexibility index (Phi) is 6.12. The van der Waals surface area contributed by atoms with Crippen molar-refractivity contribution in [2.45, 2.75) is 34.9 Å². The topological polar surface area (TPSA) is 89.7 Å². The van der Waals surface area contributed by atoms with Gasteiger partial charge in [0.15, 0.2) is 0 Å². The third-order valence-corrected chi connectivity index (χ3v) is 7.95. The molecule has 0 radical (unpaired) electrons. The molecule has 4 rings (SSSR count). The van der Waals surface area contributed by atoms with Gasteiger partial charge in [0.2, 0.25) is 10.0 Å². The van der Waals surface area contributed by atoms with Gasteiger partial charge in [-0.1, -0.05) is 6.42 Å². The Balaban J connectivity index is 1.51. The molecule has 0 amide bonds. The number of rotatable bonds is 6. The van der Waals surface area contributed by atoms with Gasteiger partial charge in [-0.3, -0.25) is 0 Å². The van der Waals surface area contributed by atoms with Crippen molar-refractivity contribution in [2.24, 2.45) is 0 Å². The van der Waals surface area contributed by atoms with Crippen LogP contribution in [0.25, 0.3) is 11.0 Å². The molecule has 0 atom stereocenters. The van der Waals surface area contributed by atoms with E-state index in [1.165, 1.54) is 28.3 Å². The molecule has 30 heavy (non-hydrogen) atoms. The molecule has 3 heterocycles. The monoisotopic (exact) mass is 446 g/mol. The van der Waals surface area contributed by atoms with Crippen molar-refractivity contribution < 1.29 is 17.6 Å². The Morgan fingerprint density at radius 3 is 2.63 bits per heavy atom. The summed E-state index contributed by atoms with van der Waals surface area (Å²) in [6, 6.07) is 10.1. The number of aromatic nitrogens is 1. The molecule has 9 heteroatoms. The van der Waals surface area contributed by atoms with E-state index in [1.807, 2.05) is 12.1 Å². The molecule has 2 aromatic heterocycles. The highest BCUT2D eigenvalue weighted by molar-refractivity contribution is 7.98. The maximum atomic E-state index is 12.7. The summed E-state index contributed by atoms with van der Waals surface area (Å²) in [7, 11) is -1.94. The normalized spacial score (nSPS) is 15.4. The van der Waals surface area contributed by atoms with Gasteiger partial charge in [0, 0.05) is 42.6 Å². The van der Waals surface area contributed by atoms with Crippen LogP contribution in [0.5, 0.6) is 5.75 Å². The zero-order chi connectivity index (χ0) is 21.1. The second kappa shape index (κ2) is 8.79. The van der Waals surface area contributed by atoms with Crippen LogP contribution in [0.4, 0.5) is 0 Å². The van der Waals surface area contributed by atoms with Crippen LogP contribution >= 0.6 is 11.8 Å². The molecule has 0 saturated carbocycles. The molecule has 0 spiro atoms. The van der Waals surface area contributed by atoms with Gasteiger partial charge in [-0.2, -0.15) is 4.31 Å². The molecule has 0 N–H and O–H groups in total. The summed E-state index contributed by atoms with van der Waals surface area (Å²) in [4.78, 5) is 16.5. The summed E-state index contributed by atoms with van der Waals surface area (Å²) >= 11 is 1.43. The SMILES string of the molecule is COc1ccc2c(CSc3ccc(S(=O)(=O)N4CCCCC4)cn3)cc(=O)oc2c1. The van der Waals surface area contributed by atoms with Crippen LogP contribution in [0, 0.1) is 0 Å². The van der Waals surface area contributed by atoms with Gasteiger partial charge in [-0.25, -0.2) is 18.2 Å². The van der Waals surface area contributed by atoms with E-state index < -0.39 is 15.6 Å². The van der Waals surface area contributed by atoms with E-state index in [1.54, 1.807) is 25.3 Å². The largest absolute Gasteiger partial charge is 0.497 e. The summed E-state index contributed by atoms with van der Waals surface area (Å²) in [5, 5.41) is 1.51. The quantitative estimate of drug-likeness (QED) is 0.422. The van der Waals surface area contributed by atoms with Crippen LogP contribution in [-0.2, 0) is 15.8 Å². The Morgan fingerprint density at radius 1 is 1.13 bits per heavy atom. The highest BCUT2D eigenvalue weighted by atomic mass is 32.2. The second-order valence-electron chi connectivity index (χ2n) is 7.04. The lowest BCUT2D eigenvalue weighted by molar-refractivity contribution is 0.346. The third-order valence-electron chi connectivity index (χ3n) is 5.07. The van der Waals surface area contributed by atoms with Crippen molar-refractivity contribution >= 4 is 32.8 Å². The Bertz CT molecular complexity index is 1200. The zero-order valence-corrected chi connectivity index (χ0v) is 18.2. The Hall–Kier alpha value is -2.36. The van der Waals surface area contributed by atoms with E-state index in [2.05, 4.69) is 4.98 Å². The van der Waals surface area contributed by atoms with Crippen LogP contribution in [0.3, 0.4) is 0 Å².